The van der Waals surface area contributed by atoms with Gasteiger partial charge in [-0.2, -0.15) is 0 Å². The molecule has 0 spiro atoms. The minimum Gasteiger partial charge on any atom is -0.366 e. The number of ether oxygens (including phenoxy) is 1. The van der Waals surface area contributed by atoms with Crippen LogP contribution in [0.5, 0.6) is 0 Å². The lowest BCUT2D eigenvalue weighted by atomic mass is 10.0. The molecule has 2 aromatic rings. The molecule has 2 N–H and O–H groups in total. The molecule has 2 saturated heterocycles. The van der Waals surface area contributed by atoms with E-state index in [-0.39, 0.29) is 11.5 Å². The second kappa shape index (κ2) is 8.38. The molecule has 1 amide bonds. The maximum Gasteiger partial charge on any atom is 0.258 e. The van der Waals surface area contributed by atoms with Crippen LogP contribution in [0.2, 0.25) is 0 Å². The number of morpholine rings is 1. The van der Waals surface area contributed by atoms with Crippen LogP contribution < -0.4 is 10.9 Å². The summed E-state index contributed by atoms with van der Waals surface area (Å²) < 4.78 is 5.78. The molecule has 8 nitrogen and oxygen atoms in total. The number of likely N-dealkylation sites (N-methyl/N-ethyl adjacent to an activating group) is 1. The molecule has 2 aliphatic heterocycles. The fourth-order valence-electron chi connectivity index (χ4n) is 4.03. The van der Waals surface area contributed by atoms with Gasteiger partial charge in [0, 0.05) is 32.2 Å². The maximum absolute atomic E-state index is 12.9. The lowest BCUT2D eigenvalue weighted by molar-refractivity contribution is -0.151. The van der Waals surface area contributed by atoms with Crippen molar-refractivity contribution in [3.8, 4) is 0 Å². The summed E-state index contributed by atoms with van der Waals surface area (Å²) in [7, 11) is 1.94. The van der Waals surface area contributed by atoms with Crippen LogP contribution in [0.3, 0.4) is 0 Å². The summed E-state index contributed by atoms with van der Waals surface area (Å²) in [6, 6.07) is 7.67. The molecule has 2 atom stereocenters. The van der Waals surface area contributed by atoms with Gasteiger partial charge in [-0.3, -0.25) is 14.5 Å². The van der Waals surface area contributed by atoms with Gasteiger partial charge in [0.25, 0.3) is 11.5 Å². The first-order valence-corrected chi connectivity index (χ1v) is 9.92. The van der Waals surface area contributed by atoms with Crippen molar-refractivity contribution in [2.24, 2.45) is 0 Å². The summed E-state index contributed by atoms with van der Waals surface area (Å²) in [5.41, 5.74) is 0.557. The number of carbonyl (C=O) groups excluding carboxylic acids is 1. The molecule has 8 heteroatoms. The van der Waals surface area contributed by atoms with Crippen molar-refractivity contribution in [3.05, 3.63) is 40.4 Å². The number of nitrogens with one attached hydrogen (secondary N) is 2. The zero-order chi connectivity index (χ0) is 19.5. The number of rotatable bonds is 4. The highest BCUT2D eigenvalue weighted by Crippen LogP contribution is 2.16. The molecule has 28 heavy (non-hydrogen) atoms. The minimum absolute atomic E-state index is 0.0598. The lowest BCUT2D eigenvalue weighted by Gasteiger charge is -2.38. The summed E-state index contributed by atoms with van der Waals surface area (Å²) in [5.74, 6) is 0.676. The van der Waals surface area contributed by atoms with Crippen molar-refractivity contribution in [1.29, 1.82) is 0 Å². The van der Waals surface area contributed by atoms with Gasteiger partial charge in [-0.15, -0.1) is 0 Å². The molecule has 4 rings (SSSR count). The number of piperidine rings is 1. The summed E-state index contributed by atoms with van der Waals surface area (Å²) in [4.78, 5) is 36.7. The van der Waals surface area contributed by atoms with E-state index in [1.807, 2.05) is 30.1 Å². The number of aromatic amines is 1. The summed E-state index contributed by atoms with van der Waals surface area (Å²) in [6.07, 6.45) is 1.64. The van der Waals surface area contributed by atoms with Gasteiger partial charge < -0.3 is 19.9 Å². The van der Waals surface area contributed by atoms with Crippen molar-refractivity contribution >= 4 is 16.8 Å². The Hall–Kier alpha value is -2.29. The third-order valence-corrected chi connectivity index (χ3v) is 5.60. The maximum atomic E-state index is 12.9. The van der Waals surface area contributed by atoms with Crippen molar-refractivity contribution in [2.45, 2.75) is 31.5 Å². The number of fused-ring (bicyclic) bond motifs is 1. The summed E-state index contributed by atoms with van der Waals surface area (Å²) in [6.45, 7) is 3.73. The quantitative estimate of drug-likeness (QED) is 0.789. The van der Waals surface area contributed by atoms with E-state index in [4.69, 9.17) is 4.74 Å². The zero-order valence-corrected chi connectivity index (χ0v) is 16.2. The molecule has 3 heterocycles. The Morgan fingerprint density at radius 3 is 3.04 bits per heavy atom. The molecule has 2 fully saturated rings. The smallest absolute Gasteiger partial charge is 0.258 e. The molecule has 0 aliphatic carbocycles. The Bertz CT molecular complexity index is 899. The van der Waals surface area contributed by atoms with E-state index in [0.29, 0.717) is 49.0 Å². The van der Waals surface area contributed by atoms with E-state index in [2.05, 4.69) is 20.2 Å². The predicted molar refractivity (Wildman–Crippen MR) is 106 cm³/mol. The van der Waals surface area contributed by atoms with E-state index in [0.717, 1.165) is 25.9 Å². The number of likely N-dealkylation sites (tertiary alicyclic amines) is 1. The fourth-order valence-corrected chi connectivity index (χ4v) is 4.03. The van der Waals surface area contributed by atoms with Crippen LogP contribution in [0.4, 0.5) is 0 Å². The number of amides is 1. The van der Waals surface area contributed by atoms with Gasteiger partial charge in [0.15, 0.2) is 0 Å². The number of aromatic nitrogens is 2. The zero-order valence-electron chi connectivity index (χ0n) is 16.2. The SMILES string of the molecule is CN[C@@H]1CCCN(C(=O)[C@@H]2CN(Cc3nc4ccccc4c(=O)[nH]3)CCO2)C1. The van der Waals surface area contributed by atoms with Crippen molar-refractivity contribution < 1.29 is 9.53 Å². The van der Waals surface area contributed by atoms with Gasteiger partial charge in [-0.05, 0) is 32.0 Å². The van der Waals surface area contributed by atoms with Crippen LogP contribution in [-0.2, 0) is 16.1 Å². The van der Waals surface area contributed by atoms with Crippen LogP contribution in [0, 0.1) is 0 Å². The largest absolute Gasteiger partial charge is 0.366 e. The average Bonchev–Trinajstić information content (AvgIpc) is 2.73. The van der Waals surface area contributed by atoms with Gasteiger partial charge in [0.05, 0.1) is 24.1 Å². The Kier molecular flexibility index (Phi) is 5.70. The Balaban J connectivity index is 1.43. The second-order valence-electron chi connectivity index (χ2n) is 7.54. The molecule has 0 radical (unpaired) electrons. The third kappa shape index (κ3) is 4.09. The van der Waals surface area contributed by atoms with E-state index in [1.54, 1.807) is 6.07 Å². The van der Waals surface area contributed by atoms with Crippen molar-refractivity contribution in [2.75, 3.05) is 39.8 Å². The highest BCUT2D eigenvalue weighted by Gasteiger charge is 2.32. The van der Waals surface area contributed by atoms with Crippen LogP contribution in [0.25, 0.3) is 10.9 Å². The Morgan fingerprint density at radius 1 is 1.32 bits per heavy atom. The first-order valence-electron chi connectivity index (χ1n) is 9.92. The summed E-state index contributed by atoms with van der Waals surface area (Å²) >= 11 is 0. The van der Waals surface area contributed by atoms with Gasteiger partial charge >= 0.3 is 0 Å². The normalized spacial score (nSPS) is 23.8. The number of nitrogens with zero attached hydrogens (tertiary/aromatic N) is 3. The number of hydrogen-bond acceptors (Lipinski definition) is 6. The van der Waals surface area contributed by atoms with Crippen LogP contribution in [0.1, 0.15) is 18.7 Å². The minimum atomic E-state index is -0.462. The van der Waals surface area contributed by atoms with E-state index >= 15 is 0 Å². The van der Waals surface area contributed by atoms with Crippen LogP contribution >= 0.6 is 0 Å². The topological polar surface area (TPSA) is 90.6 Å². The average molecular weight is 385 g/mol. The molecular weight excluding hydrogens is 358 g/mol. The van der Waals surface area contributed by atoms with Gasteiger partial charge in [-0.25, -0.2) is 4.98 Å². The molecule has 150 valence electrons. The second-order valence-corrected chi connectivity index (χ2v) is 7.54. The van der Waals surface area contributed by atoms with E-state index in [1.165, 1.54) is 0 Å². The molecule has 2 aliphatic rings. The number of carbonyl (C=O) groups is 1. The number of para-hydroxylation sites is 1. The van der Waals surface area contributed by atoms with Gasteiger partial charge in [-0.1, -0.05) is 12.1 Å². The van der Waals surface area contributed by atoms with E-state index < -0.39 is 6.10 Å². The first kappa shape index (κ1) is 19.0. The van der Waals surface area contributed by atoms with Crippen molar-refractivity contribution in [3.63, 3.8) is 0 Å². The van der Waals surface area contributed by atoms with Crippen molar-refractivity contribution in [1.82, 2.24) is 25.1 Å². The predicted octanol–water partition coefficient (Wildman–Crippen LogP) is 0.334. The molecule has 0 bridgehead atoms. The highest BCUT2D eigenvalue weighted by atomic mass is 16.5. The first-order chi connectivity index (χ1) is 13.6. The standard InChI is InChI=1S/C20H27N5O3/c1-21-14-5-4-8-25(11-14)20(27)17-12-24(9-10-28-17)13-18-22-16-7-3-2-6-15(16)19(26)23-18/h2-3,6-7,14,17,21H,4-5,8-13H2,1H3,(H,22,23,26)/t14-,17+/m1/s1. The monoisotopic (exact) mass is 385 g/mol. The highest BCUT2D eigenvalue weighted by molar-refractivity contribution is 5.81. The molecule has 0 saturated carbocycles. The lowest BCUT2D eigenvalue weighted by Crippen LogP contribution is -2.54. The van der Waals surface area contributed by atoms with Gasteiger partial charge in [0.1, 0.15) is 11.9 Å². The third-order valence-electron chi connectivity index (χ3n) is 5.60. The Labute approximate surface area is 163 Å². The molecule has 1 aromatic carbocycles. The number of H-pyrrole nitrogens is 1. The summed E-state index contributed by atoms with van der Waals surface area (Å²) in [5, 5.41) is 3.85. The molecule has 0 unspecified atom stereocenters. The Morgan fingerprint density at radius 2 is 2.18 bits per heavy atom. The molecular formula is C20H27N5O3. The fraction of sp³-hybridized carbons (Fsp3) is 0.550. The molecule has 1 aromatic heterocycles. The number of benzene rings is 1. The van der Waals surface area contributed by atoms with Crippen LogP contribution in [0.15, 0.2) is 29.1 Å². The van der Waals surface area contributed by atoms with Crippen LogP contribution in [-0.4, -0.2) is 77.7 Å². The van der Waals surface area contributed by atoms with Gasteiger partial charge in [0.2, 0.25) is 0 Å². The van der Waals surface area contributed by atoms with E-state index in [9.17, 15) is 9.59 Å². The number of hydrogen-bond donors (Lipinski definition) is 2.